The quantitative estimate of drug-likeness (QED) is 0.560. The van der Waals surface area contributed by atoms with Crippen LogP contribution in [0.1, 0.15) is 46.4 Å². The maximum Gasteiger partial charge on any atom is 0.145 e. The van der Waals surface area contributed by atoms with Crippen LogP contribution in [-0.4, -0.2) is 33.8 Å². The third-order valence-electron chi connectivity index (χ3n) is 3.53. The minimum atomic E-state index is -0.665. The van der Waals surface area contributed by atoms with Crippen LogP contribution < -0.4 is 16.2 Å². The third kappa shape index (κ3) is 3.37. The molecule has 20 heavy (non-hydrogen) atoms. The topological polar surface area (TPSA) is 87.3 Å². The number of hydrogen-bond donors (Lipinski definition) is 3. The Bertz CT molecular complexity index is 481. The van der Waals surface area contributed by atoms with Gasteiger partial charge < -0.3 is 15.4 Å². The van der Waals surface area contributed by atoms with Gasteiger partial charge in [0, 0.05) is 24.6 Å². The van der Waals surface area contributed by atoms with Crippen molar-refractivity contribution in [3.8, 4) is 0 Å². The summed E-state index contributed by atoms with van der Waals surface area (Å²) in [5.74, 6) is 7.67. The lowest BCUT2D eigenvalue weighted by Gasteiger charge is -2.38. The predicted molar refractivity (Wildman–Crippen MR) is 80.6 cm³/mol. The standard InChI is InChI=1S/C14H25N5O/c1-13(2,3)12-16-10(18-15)8-11(17-12)19-7-5-6-14(4,20)9-19/h8,20H,5-7,9,15H2,1-4H3,(H,16,17,18). The highest BCUT2D eigenvalue weighted by atomic mass is 16.3. The Morgan fingerprint density at radius 2 is 2.10 bits per heavy atom. The second kappa shape index (κ2) is 5.18. The summed E-state index contributed by atoms with van der Waals surface area (Å²) in [4.78, 5) is 11.2. The number of anilines is 2. The van der Waals surface area contributed by atoms with E-state index < -0.39 is 5.60 Å². The fraction of sp³-hybridized carbons (Fsp3) is 0.714. The van der Waals surface area contributed by atoms with Crippen molar-refractivity contribution in [3.05, 3.63) is 11.9 Å². The molecule has 0 spiro atoms. The molecule has 1 aromatic heterocycles. The van der Waals surface area contributed by atoms with Gasteiger partial charge in [-0.15, -0.1) is 0 Å². The van der Waals surface area contributed by atoms with Gasteiger partial charge in [0.05, 0.1) is 5.60 Å². The third-order valence-corrected chi connectivity index (χ3v) is 3.53. The maximum absolute atomic E-state index is 10.2. The molecule has 6 nitrogen and oxygen atoms in total. The van der Waals surface area contributed by atoms with Crippen LogP contribution in [0.5, 0.6) is 0 Å². The van der Waals surface area contributed by atoms with Crippen molar-refractivity contribution in [2.75, 3.05) is 23.4 Å². The van der Waals surface area contributed by atoms with Crippen LogP contribution in [0.3, 0.4) is 0 Å². The first kappa shape index (κ1) is 15.0. The highest BCUT2D eigenvalue weighted by Crippen LogP contribution is 2.28. The van der Waals surface area contributed by atoms with Crippen molar-refractivity contribution in [3.63, 3.8) is 0 Å². The summed E-state index contributed by atoms with van der Waals surface area (Å²) in [5.41, 5.74) is 1.78. The van der Waals surface area contributed by atoms with Gasteiger partial charge >= 0.3 is 0 Å². The van der Waals surface area contributed by atoms with E-state index in [1.807, 2.05) is 13.0 Å². The van der Waals surface area contributed by atoms with E-state index in [1.165, 1.54) is 0 Å². The molecule has 1 fully saturated rings. The van der Waals surface area contributed by atoms with Gasteiger partial charge in [0.25, 0.3) is 0 Å². The van der Waals surface area contributed by atoms with E-state index in [4.69, 9.17) is 5.84 Å². The van der Waals surface area contributed by atoms with Crippen molar-refractivity contribution in [2.45, 2.75) is 51.6 Å². The molecule has 2 heterocycles. The zero-order valence-corrected chi connectivity index (χ0v) is 12.8. The summed E-state index contributed by atoms with van der Waals surface area (Å²) in [6, 6.07) is 1.83. The first-order valence-corrected chi connectivity index (χ1v) is 7.05. The van der Waals surface area contributed by atoms with Crippen LogP contribution >= 0.6 is 0 Å². The second-order valence-electron chi connectivity index (χ2n) is 6.85. The molecule has 1 aromatic rings. The number of hydrazine groups is 1. The molecule has 0 radical (unpaired) electrons. The molecule has 2 rings (SSSR count). The van der Waals surface area contributed by atoms with E-state index in [2.05, 4.69) is 41.1 Å². The highest BCUT2D eigenvalue weighted by Gasteiger charge is 2.30. The lowest BCUT2D eigenvalue weighted by molar-refractivity contribution is 0.0447. The molecule has 1 aliphatic heterocycles. The van der Waals surface area contributed by atoms with Gasteiger partial charge in [-0.05, 0) is 19.8 Å². The Morgan fingerprint density at radius 3 is 2.65 bits per heavy atom. The molecular formula is C14H25N5O. The summed E-state index contributed by atoms with van der Waals surface area (Å²) in [6.07, 6.45) is 1.77. The summed E-state index contributed by atoms with van der Waals surface area (Å²) in [7, 11) is 0. The second-order valence-corrected chi connectivity index (χ2v) is 6.85. The zero-order valence-electron chi connectivity index (χ0n) is 12.8. The average Bonchev–Trinajstić information content (AvgIpc) is 2.36. The maximum atomic E-state index is 10.2. The summed E-state index contributed by atoms with van der Waals surface area (Å²) < 4.78 is 0. The van der Waals surface area contributed by atoms with Crippen molar-refractivity contribution in [1.82, 2.24) is 9.97 Å². The molecule has 1 saturated heterocycles. The number of aromatic nitrogens is 2. The molecule has 1 unspecified atom stereocenters. The van der Waals surface area contributed by atoms with Gasteiger partial charge in [0.15, 0.2) is 0 Å². The summed E-state index contributed by atoms with van der Waals surface area (Å²) >= 11 is 0. The molecule has 6 heteroatoms. The monoisotopic (exact) mass is 279 g/mol. The van der Waals surface area contributed by atoms with Crippen LogP contribution in [-0.2, 0) is 5.41 Å². The van der Waals surface area contributed by atoms with Crippen LogP contribution in [0.2, 0.25) is 0 Å². The zero-order chi connectivity index (χ0) is 15.0. The Kier molecular flexibility index (Phi) is 3.88. The normalized spacial score (nSPS) is 23.8. The van der Waals surface area contributed by atoms with E-state index in [0.717, 1.165) is 31.0 Å². The smallest absolute Gasteiger partial charge is 0.145 e. The minimum Gasteiger partial charge on any atom is -0.388 e. The summed E-state index contributed by atoms with van der Waals surface area (Å²) in [5, 5.41) is 10.2. The van der Waals surface area contributed by atoms with Crippen molar-refractivity contribution in [2.24, 2.45) is 5.84 Å². The van der Waals surface area contributed by atoms with Crippen LogP contribution in [0, 0.1) is 0 Å². The molecule has 0 saturated carbocycles. The minimum absolute atomic E-state index is 0.153. The first-order valence-electron chi connectivity index (χ1n) is 7.05. The lowest BCUT2D eigenvalue weighted by Crippen LogP contribution is -2.46. The van der Waals surface area contributed by atoms with Crippen molar-refractivity contribution >= 4 is 11.6 Å². The van der Waals surface area contributed by atoms with Gasteiger partial charge in [-0.25, -0.2) is 15.8 Å². The highest BCUT2D eigenvalue weighted by molar-refractivity contribution is 5.50. The Labute approximate surface area is 120 Å². The number of hydrogen-bond acceptors (Lipinski definition) is 6. The number of nitrogen functional groups attached to an aromatic ring is 1. The van der Waals surface area contributed by atoms with Gasteiger partial charge in [-0.1, -0.05) is 20.8 Å². The molecule has 1 aliphatic rings. The Balaban J connectivity index is 2.36. The van der Waals surface area contributed by atoms with E-state index in [-0.39, 0.29) is 5.41 Å². The van der Waals surface area contributed by atoms with E-state index in [0.29, 0.717) is 12.4 Å². The largest absolute Gasteiger partial charge is 0.388 e. The molecule has 4 N–H and O–H groups in total. The molecule has 0 aliphatic carbocycles. The SMILES string of the molecule is CC1(O)CCCN(c2cc(NN)nc(C(C)(C)C)n2)C1. The Morgan fingerprint density at radius 1 is 1.40 bits per heavy atom. The van der Waals surface area contributed by atoms with Crippen LogP contribution in [0.4, 0.5) is 11.6 Å². The number of β-amino-alcohol motifs (C(OH)–C–C–N with tert-alkyl or cyclic N) is 1. The molecule has 0 bridgehead atoms. The number of nitrogens with two attached hydrogens (primary N) is 1. The summed E-state index contributed by atoms with van der Waals surface area (Å²) in [6.45, 7) is 9.54. The van der Waals surface area contributed by atoms with Gasteiger partial charge in [-0.2, -0.15) is 0 Å². The van der Waals surface area contributed by atoms with Gasteiger partial charge in [0.1, 0.15) is 17.5 Å². The van der Waals surface area contributed by atoms with E-state index >= 15 is 0 Å². The predicted octanol–water partition coefficient (Wildman–Crippen LogP) is 1.41. The average molecular weight is 279 g/mol. The number of nitrogens with zero attached hydrogens (tertiary/aromatic N) is 3. The molecule has 112 valence electrons. The first-order chi connectivity index (χ1) is 9.21. The molecule has 0 aromatic carbocycles. The number of rotatable bonds is 2. The van der Waals surface area contributed by atoms with Crippen molar-refractivity contribution in [1.29, 1.82) is 0 Å². The fourth-order valence-electron chi connectivity index (χ4n) is 2.42. The van der Waals surface area contributed by atoms with Crippen LogP contribution in [0.25, 0.3) is 0 Å². The van der Waals surface area contributed by atoms with Crippen molar-refractivity contribution < 1.29 is 5.11 Å². The fourth-order valence-corrected chi connectivity index (χ4v) is 2.42. The Hall–Kier alpha value is -1.40. The molecule has 0 amide bonds. The number of nitrogens with one attached hydrogen (secondary N) is 1. The van der Waals surface area contributed by atoms with Gasteiger partial charge in [0.2, 0.25) is 0 Å². The lowest BCUT2D eigenvalue weighted by atomic mass is 9.94. The van der Waals surface area contributed by atoms with E-state index in [9.17, 15) is 5.11 Å². The molecular weight excluding hydrogens is 254 g/mol. The number of aliphatic hydroxyl groups is 1. The van der Waals surface area contributed by atoms with Crippen LogP contribution in [0.15, 0.2) is 6.07 Å². The molecule has 1 atom stereocenters. The van der Waals surface area contributed by atoms with Gasteiger partial charge in [-0.3, -0.25) is 0 Å². The van der Waals surface area contributed by atoms with E-state index in [1.54, 1.807) is 0 Å². The number of piperidine rings is 1.